The van der Waals surface area contributed by atoms with Gasteiger partial charge in [0.2, 0.25) is 0 Å². The van der Waals surface area contributed by atoms with Crippen molar-refractivity contribution < 1.29 is 0 Å². The fourth-order valence-electron chi connectivity index (χ4n) is 3.13. The monoisotopic (exact) mass is 337 g/mol. The molecule has 0 spiro atoms. The highest BCUT2D eigenvalue weighted by atomic mass is 32.1. The number of aryl methyl sites for hydroxylation is 1. The zero-order valence-electron chi connectivity index (χ0n) is 13.8. The molecule has 2 aromatic rings. The van der Waals surface area contributed by atoms with Crippen molar-refractivity contribution in [3.05, 3.63) is 40.3 Å². The predicted molar refractivity (Wildman–Crippen MR) is 98.8 cm³/mol. The summed E-state index contributed by atoms with van der Waals surface area (Å²) >= 11 is 1.75. The van der Waals surface area contributed by atoms with Gasteiger partial charge in [0.15, 0.2) is 0 Å². The van der Waals surface area contributed by atoms with Gasteiger partial charge in [0, 0.05) is 31.1 Å². The molecule has 0 atom stereocenters. The van der Waals surface area contributed by atoms with Crippen LogP contribution in [0.3, 0.4) is 0 Å². The molecule has 6 heteroatoms. The fourth-order valence-corrected chi connectivity index (χ4v) is 4.05. The molecule has 2 aliphatic rings. The summed E-state index contributed by atoms with van der Waals surface area (Å²) in [4.78, 5) is 10.9. The number of benzene rings is 1. The third kappa shape index (κ3) is 2.66. The van der Waals surface area contributed by atoms with Gasteiger partial charge in [-0.3, -0.25) is 0 Å². The summed E-state index contributed by atoms with van der Waals surface area (Å²) in [5, 5.41) is 13.8. The Kier molecular flexibility index (Phi) is 3.75. The van der Waals surface area contributed by atoms with Gasteiger partial charge in [-0.05, 0) is 38.2 Å². The molecule has 1 fully saturated rings. The van der Waals surface area contributed by atoms with Crippen LogP contribution in [0.2, 0.25) is 0 Å². The fraction of sp³-hybridized carbons (Fsp3) is 0.333. The van der Waals surface area contributed by atoms with E-state index < -0.39 is 0 Å². The third-order valence-corrected chi connectivity index (χ3v) is 5.47. The lowest BCUT2D eigenvalue weighted by molar-refractivity contribution is 0.216. The van der Waals surface area contributed by atoms with E-state index in [0.717, 1.165) is 54.0 Å². The van der Waals surface area contributed by atoms with Gasteiger partial charge in [-0.1, -0.05) is 0 Å². The molecule has 4 rings (SSSR count). The van der Waals surface area contributed by atoms with E-state index in [9.17, 15) is 5.26 Å². The molecule has 1 aromatic heterocycles. The lowest BCUT2D eigenvalue weighted by atomic mass is 10.2. The molecule has 1 saturated heterocycles. The molecule has 24 heavy (non-hydrogen) atoms. The van der Waals surface area contributed by atoms with E-state index in [1.807, 2.05) is 18.2 Å². The number of likely N-dealkylation sites (N-methyl/N-ethyl adjacent to an activating group) is 1. The van der Waals surface area contributed by atoms with Crippen molar-refractivity contribution in [1.82, 2.24) is 9.80 Å². The summed E-state index contributed by atoms with van der Waals surface area (Å²) in [5.41, 5.74) is 3.60. The second-order valence-corrected chi connectivity index (χ2v) is 7.55. The Balaban J connectivity index is 1.83. The molecule has 0 unspecified atom stereocenters. The van der Waals surface area contributed by atoms with Gasteiger partial charge in [-0.2, -0.15) is 5.26 Å². The first-order valence-electron chi connectivity index (χ1n) is 8.08. The number of nitrogens with one attached hydrogen (secondary N) is 1. The topological polar surface area (TPSA) is 54.7 Å². The average molecular weight is 337 g/mol. The number of hydrogen-bond acceptors (Lipinski definition) is 6. The minimum atomic E-state index is 0.637. The first-order chi connectivity index (χ1) is 11.6. The van der Waals surface area contributed by atoms with Gasteiger partial charge in [0.05, 0.1) is 28.6 Å². The molecular weight excluding hydrogens is 318 g/mol. The van der Waals surface area contributed by atoms with Gasteiger partial charge < -0.3 is 15.1 Å². The minimum absolute atomic E-state index is 0.637. The Bertz CT molecular complexity index is 853. The Morgan fingerprint density at radius 2 is 2.00 bits per heavy atom. The molecular formula is C18H19N5S. The van der Waals surface area contributed by atoms with Crippen LogP contribution in [-0.2, 0) is 0 Å². The van der Waals surface area contributed by atoms with E-state index in [2.05, 4.69) is 41.2 Å². The molecule has 0 aliphatic carbocycles. The summed E-state index contributed by atoms with van der Waals surface area (Å²) in [7, 11) is 2.16. The summed E-state index contributed by atoms with van der Waals surface area (Å²) in [6.07, 6.45) is 0. The van der Waals surface area contributed by atoms with E-state index in [1.165, 1.54) is 4.88 Å². The Morgan fingerprint density at radius 1 is 1.21 bits per heavy atom. The molecule has 2 aliphatic heterocycles. The van der Waals surface area contributed by atoms with Crippen LogP contribution in [0.1, 0.15) is 16.0 Å². The lowest BCUT2D eigenvalue weighted by Crippen LogP contribution is -2.47. The van der Waals surface area contributed by atoms with Crippen molar-refractivity contribution in [3.63, 3.8) is 0 Å². The molecule has 0 saturated carbocycles. The van der Waals surface area contributed by atoms with E-state index in [-0.39, 0.29) is 0 Å². The van der Waals surface area contributed by atoms with E-state index in [4.69, 9.17) is 4.99 Å². The van der Waals surface area contributed by atoms with E-state index in [0.29, 0.717) is 5.56 Å². The van der Waals surface area contributed by atoms with Gasteiger partial charge in [0.1, 0.15) is 10.8 Å². The zero-order chi connectivity index (χ0) is 16.7. The molecule has 1 N–H and O–H groups in total. The first-order valence-corrected chi connectivity index (χ1v) is 8.90. The standard InChI is InChI=1S/C18H19N5S/c1-12-9-14-17(23-7-5-22(2)6-8-23)20-16-10-13(11-19)3-4-15(16)21-18(14)24-12/h3-4,9-10,21H,5-8H2,1-2H3. The second-order valence-electron chi connectivity index (χ2n) is 6.29. The number of nitriles is 1. The third-order valence-electron chi connectivity index (χ3n) is 4.50. The first kappa shape index (κ1) is 15.2. The van der Waals surface area contributed by atoms with Crippen molar-refractivity contribution >= 4 is 33.5 Å². The lowest BCUT2D eigenvalue weighted by Gasteiger charge is -2.34. The van der Waals surface area contributed by atoms with Crippen LogP contribution < -0.4 is 5.32 Å². The van der Waals surface area contributed by atoms with Crippen molar-refractivity contribution in [3.8, 4) is 6.07 Å². The van der Waals surface area contributed by atoms with Gasteiger partial charge in [-0.25, -0.2) is 4.99 Å². The summed E-state index contributed by atoms with van der Waals surface area (Å²) in [6.45, 7) is 6.14. The number of piperazine rings is 1. The largest absolute Gasteiger partial charge is 0.353 e. The van der Waals surface area contributed by atoms with Crippen LogP contribution in [0.25, 0.3) is 0 Å². The number of thiophene rings is 1. The van der Waals surface area contributed by atoms with E-state index >= 15 is 0 Å². The smallest absolute Gasteiger partial charge is 0.139 e. The second kappa shape index (κ2) is 5.93. The molecule has 0 radical (unpaired) electrons. The number of fused-ring (bicyclic) bond motifs is 2. The van der Waals surface area contributed by atoms with Crippen LogP contribution in [0.5, 0.6) is 0 Å². The molecule has 5 nitrogen and oxygen atoms in total. The highest BCUT2D eigenvalue weighted by Gasteiger charge is 2.25. The van der Waals surface area contributed by atoms with Crippen molar-refractivity contribution in [2.45, 2.75) is 6.92 Å². The van der Waals surface area contributed by atoms with Crippen molar-refractivity contribution in [2.24, 2.45) is 4.99 Å². The quantitative estimate of drug-likeness (QED) is 0.801. The Morgan fingerprint density at radius 3 is 2.75 bits per heavy atom. The van der Waals surface area contributed by atoms with Crippen LogP contribution >= 0.6 is 11.3 Å². The molecule has 0 bridgehead atoms. The highest BCUT2D eigenvalue weighted by molar-refractivity contribution is 7.16. The number of anilines is 2. The molecule has 3 heterocycles. The van der Waals surface area contributed by atoms with Crippen LogP contribution in [0.15, 0.2) is 29.3 Å². The van der Waals surface area contributed by atoms with Crippen molar-refractivity contribution in [2.75, 3.05) is 38.5 Å². The molecule has 1 aromatic carbocycles. The van der Waals surface area contributed by atoms with Gasteiger partial charge in [0.25, 0.3) is 0 Å². The molecule has 122 valence electrons. The summed E-state index contributed by atoms with van der Waals surface area (Å²) in [5.74, 6) is 1.02. The van der Waals surface area contributed by atoms with Gasteiger partial charge in [-0.15, -0.1) is 11.3 Å². The molecule has 0 amide bonds. The highest BCUT2D eigenvalue weighted by Crippen LogP contribution is 2.39. The SMILES string of the molecule is Cc1cc2c(s1)Nc1ccc(C#N)cc1N=C2N1CCN(C)CC1. The predicted octanol–water partition coefficient (Wildman–Crippen LogP) is 3.31. The van der Waals surface area contributed by atoms with Crippen LogP contribution in [0.4, 0.5) is 16.4 Å². The van der Waals surface area contributed by atoms with E-state index in [1.54, 1.807) is 11.3 Å². The Hall–Kier alpha value is -2.36. The number of hydrogen-bond donors (Lipinski definition) is 1. The number of nitrogens with zero attached hydrogens (tertiary/aromatic N) is 4. The maximum atomic E-state index is 9.19. The maximum absolute atomic E-state index is 9.19. The van der Waals surface area contributed by atoms with Crippen LogP contribution in [-0.4, -0.2) is 48.9 Å². The Labute approximate surface area is 145 Å². The maximum Gasteiger partial charge on any atom is 0.139 e. The zero-order valence-corrected chi connectivity index (χ0v) is 14.7. The van der Waals surface area contributed by atoms with Crippen molar-refractivity contribution in [1.29, 1.82) is 5.26 Å². The number of rotatable bonds is 0. The van der Waals surface area contributed by atoms with Gasteiger partial charge >= 0.3 is 0 Å². The number of aliphatic imine (C=N–C) groups is 1. The number of amidine groups is 1. The van der Waals surface area contributed by atoms with Crippen LogP contribution in [0, 0.1) is 18.3 Å². The normalized spacial score (nSPS) is 17.2. The summed E-state index contributed by atoms with van der Waals surface area (Å²) in [6, 6.07) is 10.1. The summed E-state index contributed by atoms with van der Waals surface area (Å²) < 4.78 is 0. The average Bonchev–Trinajstić information content (AvgIpc) is 2.88. The minimum Gasteiger partial charge on any atom is -0.353 e.